The molecule has 2 rings (SSSR count). The number of aromatic nitrogens is 1. The van der Waals surface area contributed by atoms with Crippen molar-refractivity contribution in [3.8, 4) is 0 Å². The third-order valence-electron chi connectivity index (χ3n) is 2.54. The van der Waals surface area contributed by atoms with E-state index in [1.165, 1.54) is 32.0 Å². The minimum Gasteiger partial charge on any atom is -0.481 e. The SMILES string of the molecule is CC(C)(C(=O)O)c1onc2cc(F)ccc12. The number of fused-ring (bicyclic) bond motifs is 1. The van der Waals surface area contributed by atoms with Crippen molar-refractivity contribution in [3.63, 3.8) is 0 Å². The lowest BCUT2D eigenvalue weighted by Crippen LogP contribution is -2.28. The van der Waals surface area contributed by atoms with Crippen LogP contribution >= 0.6 is 0 Å². The summed E-state index contributed by atoms with van der Waals surface area (Å²) >= 11 is 0. The Morgan fingerprint density at radius 2 is 2.19 bits per heavy atom. The molecule has 0 bridgehead atoms. The van der Waals surface area contributed by atoms with E-state index < -0.39 is 17.2 Å². The second-order valence-electron chi connectivity index (χ2n) is 4.10. The number of rotatable bonds is 2. The standard InChI is InChI=1S/C11H10FNO3/c1-11(2,10(14)15)9-7-4-3-6(12)5-8(7)13-16-9/h3-5H,1-2H3,(H,14,15). The Hall–Kier alpha value is -1.91. The molecule has 1 heterocycles. The van der Waals surface area contributed by atoms with Gasteiger partial charge in [-0.3, -0.25) is 4.79 Å². The molecule has 1 N–H and O–H groups in total. The number of hydrogen-bond donors (Lipinski definition) is 1. The van der Waals surface area contributed by atoms with E-state index in [1.807, 2.05) is 0 Å². The van der Waals surface area contributed by atoms with E-state index in [0.29, 0.717) is 10.9 Å². The van der Waals surface area contributed by atoms with Crippen LogP contribution in [0.15, 0.2) is 22.7 Å². The van der Waals surface area contributed by atoms with Crippen molar-refractivity contribution in [2.45, 2.75) is 19.3 Å². The van der Waals surface area contributed by atoms with Crippen LogP contribution in [0.25, 0.3) is 10.9 Å². The number of aliphatic carboxylic acids is 1. The highest BCUT2D eigenvalue weighted by Crippen LogP contribution is 2.30. The second-order valence-corrected chi connectivity index (χ2v) is 4.10. The molecule has 1 aromatic heterocycles. The van der Waals surface area contributed by atoms with Crippen LogP contribution in [0, 0.1) is 5.82 Å². The van der Waals surface area contributed by atoms with Gasteiger partial charge in [0.1, 0.15) is 16.7 Å². The molecule has 0 atom stereocenters. The van der Waals surface area contributed by atoms with Crippen LogP contribution in [0.1, 0.15) is 19.6 Å². The van der Waals surface area contributed by atoms with Gasteiger partial charge in [-0.15, -0.1) is 0 Å². The fraction of sp³-hybridized carbons (Fsp3) is 0.273. The molecule has 0 saturated heterocycles. The maximum absolute atomic E-state index is 12.9. The largest absolute Gasteiger partial charge is 0.481 e. The fourth-order valence-corrected chi connectivity index (χ4v) is 1.46. The quantitative estimate of drug-likeness (QED) is 0.848. The average Bonchev–Trinajstić information content (AvgIpc) is 2.60. The number of carboxylic acids is 1. The topological polar surface area (TPSA) is 63.3 Å². The first-order chi connectivity index (χ1) is 7.43. The molecule has 84 valence electrons. The molecular formula is C11H10FNO3. The lowest BCUT2D eigenvalue weighted by atomic mass is 9.88. The normalized spacial score (nSPS) is 11.9. The predicted octanol–water partition coefficient (Wildman–Crippen LogP) is 2.33. The number of carboxylic acid groups (broad SMARTS) is 1. The smallest absolute Gasteiger partial charge is 0.316 e. The first kappa shape index (κ1) is 10.6. The fourth-order valence-electron chi connectivity index (χ4n) is 1.46. The number of benzene rings is 1. The van der Waals surface area contributed by atoms with Crippen molar-refractivity contribution >= 4 is 16.9 Å². The van der Waals surface area contributed by atoms with Gasteiger partial charge in [0, 0.05) is 11.5 Å². The summed E-state index contributed by atoms with van der Waals surface area (Å²) in [7, 11) is 0. The molecular weight excluding hydrogens is 213 g/mol. The third-order valence-corrected chi connectivity index (χ3v) is 2.54. The Morgan fingerprint density at radius 3 is 2.81 bits per heavy atom. The number of carbonyl (C=O) groups is 1. The van der Waals surface area contributed by atoms with Gasteiger partial charge in [0.25, 0.3) is 0 Å². The zero-order chi connectivity index (χ0) is 11.9. The van der Waals surface area contributed by atoms with E-state index in [2.05, 4.69) is 5.16 Å². The van der Waals surface area contributed by atoms with Crippen LogP contribution in [0.3, 0.4) is 0 Å². The molecule has 0 amide bonds. The zero-order valence-corrected chi connectivity index (χ0v) is 8.82. The van der Waals surface area contributed by atoms with Gasteiger partial charge in [-0.1, -0.05) is 5.16 Å². The molecule has 0 spiro atoms. The number of hydrogen-bond acceptors (Lipinski definition) is 3. The molecule has 5 heteroatoms. The summed E-state index contributed by atoms with van der Waals surface area (Å²) in [6.07, 6.45) is 0. The van der Waals surface area contributed by atoms with Crippen LogP contribution < -0.4 is 0 Å². The lowest BCUT2D eigenvalue weighted by Gasteiger charge is -2.15. The maximum atomic E-state index is 12.9. The summed E-state index contributed by atoms with van der Waals surface area (Å²) < 4.78 is 17.9. The first-order valence-electron chi connectivity index (χ1n) is 4.72. The Morgan fingerprint density at radius 1 is 1.50 bits per heavy atom. The van der Waals surface area contributed by atoms with Crippen molar-refractivity contribution in [1.82, 2.24) is 5.16 Å². The van der Waals surface area contributed by atoms with Gasteiger partial charge >= 0.3 is 5.97 Å². The third kappa shape index (κ3) is 1.44. The molecule has 0 saturated carbocycles. The summed E-state index contributed by atoms with van der Waals surface area (Å²) in [5.41, 5.74) is -0.864. The van der Waals surface area contributed by atoms with Crippen LogP contribution in [0.2, 0.25) is 0 Å². The molecule has 0 aliphatic rings. The van der Waals surface area contributed by atoms with E-state index in [1.54, 1.807) is 0 Å². The lowest BCUT2D eigenvalue weighted by molar-refractivity contribution is -0.143. The molecule has 1 aromatic carbocycles. The Labute approximate surface area is 90.7 Å². The van der Waals surface area contributed by atoms with E-state index in [-0.39, 0.29) is 5.76 Å². The van der Waals surface area contributed by atoms with E-state index in [4.69, 9.17) is 9.63 Å². The molecule has 0 aliphatic heterocycles. The van der Waals surface area contributed by atoms with E-state index in [0.717, 1.165) is 0 Å². The highest BCUT2D eigenvalue weighted by molar-refractivity contribution is 5.89. The monoisotopic (exact) mass is 223 g/mol. The molecule has 4 nitrogen and oxygen atoms in total. The van der Waals surface area contributed by atoms with Gasteiger partial charge in [0.2, 0.25) is 0 Å². The molecule has 0 aliphatic carbocycles. The summed E-state index contributed by atoms with van der Waals surface area (Å²) in [5, 5.41) is 13.2. The van der Waals surface area contributed by atoms with Crippen LogP contribution in [-0.4, -0.2) is 16.2 Å². The zero-order valence-electron chi connectivity index (χ0n) is 8.82. The molecule has 0 unspecified atom stereocenters. The minimum atomic E-state index is -1.19. The molecule has 0 radical (unpaired) electrons. The van der Waals surface area contributed by atoms with Gasteiger partial charge < -0.3 is 9.63 Å². The molecule has 2 aromatic rings. The summed E-state index contributed by atoms with van der Waals surface area (Å²) in [5.74, 6) is -1.22. The predicted molar refractivity (Wildman–Crippen MR) is 54.6 cm³/mol. The van der Waals surface area contributed by atoms with Gasteiger partial charge in [-0.2, -0.15) is 0 Å². The van der Waals surface area contributed by atoms with Gasteiger partial charge in [0.05, 0.1) is 0 Å². The Bertz CT molecular complexity index is 559. The second kappa shape index (κ2) is 3.30. The molecule has 16 heavy (non-hydrogen) atoms. The van der Waals surface area contributed by atoms with Crippen molar-refractivity contribution in [3.05, 3.63) is 29.8 Å². The minimum absolute atomic E-state index is 0.231. The molecule has 0 fully saturated rings. The van der Waals surface area contributed by atoms with Crippen LogP contribution in [0.4, 0.5) is 4.39 Å². The number of halogens is 1. The van der Waals surface area contributed by atoms with Gasteiger partial charge in [0.15, 0.2) is 5.76 Å². The Kier molecular flexibility index (Phi) is 2.18. The van der Waals surface area contributed by atoms with Crippen molar-refractivity contribution < 1.29 is 18.8 Å². The van der Waals surface area contributed by atoms with Crippen molar-refractivity contribution in [2.75, 3.05) is 0 Å². The maximum Gasteiger partial charge on any atom is 0.316 e. The van der Waals surface area contributed by atoms with Gasteiger partial charge in [-0.05, 0) is 26.0 Å². The van der Waals surface area contributed by atoms with Crippen molar-refractivity contribution in [2.24, 2.45) is 0 Å². The first-order valence-corrected chi connectivity index (χ1v) is 4.72. The summed E-state index contributed by atoms with van der Waals surface area (Å²) in [6.45, 7) is 3.03. The van der Waals surface area contributed by atoms with Crippen molar-refractivity contribution in [1.29, 1.82) is 0 Å². The summed E-state index contributed by atoms with van der Waals surface area (Å²) in [6, 6.07) is 3.93. The highest BCUT2D eigenvalue weighted by Gasteiger charge is 2.35. The van der Waals surface area contributed by atoms with E-state index >= 15 is 0 Å². The average molecular weight is 223 g/mol. The number of nitrogens with zero attached hydrogens (tertiary/aromatic N) is 1. The Balaban J connectivity index is 2.67. The van der Waals surface area contributed by atoms with E-state index in [9.17, 15) is 9.18 Å². The highest BCUT2D eigenvalue weighted by atomic mass is 19.1. The summed E-state index contributed by atoms with van der Waals surface area (Å²) in [4.78, 5) is 11.1. The van der Waals surface area contributed by atoms with Gasteiger partial charge in [-0.25, -0.2) is 4.39 Å². The van der Waals surface area contributed by atoms with Crippen LogP contribution in [-0.2, 0) is 10.2 Å². The van der Waals surface area contributed by atoms with Crippen LogP contribution in [0.5, 0.6) is 0 Å².